The second-order valence-corrected chi connectivity index (χ2v) is 2.79. The lowest BCUT2D eigenvalue weighted by Gasteiger charge is -1.89. The van der Waals surface area contributed by atoms with Gasteiger partial charge in [0.1, 0.15) is 0 Å². The molecule has 0 aromatic rings. The lowest BCUT2D eigenvalue weighted by Crippen LogP contribution is -1.70. The fourth-order valence-electron chi connectivity index (χ4n) is 1.05. The number of hydrogen-bond donors (Lipinski definition) is 0. The van der Waals surface area contributed by atoms with E-state index in [-0.39, 0.29) is 0 Å². The molecule has 1 aliphatic rings. The third kappa shape index (κ3) is 4.73. The van der Waals surface area contributed by atoms with Crippen LogP contribution >= 0.6 is 0 Å². The molecule has 1 rings (SSSR count). The molecule has 0 unspecified atom stereocenters. The van der Waals surface area contributed by atoms with Gasteiger partial charge in [0.2, 0.25) is 0 Å². The van der Waals surface area contributed by atoms with Crippen LogP contribution in [0.25, 0.3) is 0 Å². The van der Waals surface area contributed by atoms with Gasteiger partial charge in [-0.25, -0.2) is 0 Å². The van der Waals surface area contributed by atoms with E-state index in [1.165, 1.54) is 19.3 Å². The van der Waals surface area contributed by atoms with Crippen LogP contribution in [-0.2, 0) is 0 Å². The molecule has 0 nitrogen and oxygen atoms in total. The second kappa shape index (κ2) is 6.66. The summed E-state index contributed by atoms with van der Waals surface area (Å²) in [6.07, 6.45) is 22.5. The molecule has 0 bridgehead atoms. The molecule has 0 saturated carbocycles. The topological polar surface area (TPSA) is 0 Å². The van der Waals surface area contributed by atoms with Gasteiger partial charge in [-0.05, 0) is 31.8 Å². The molecular formula is C12H15. The van der Waals surface area contributed by atoms with Gasteiger partial charge in [0, 0.05) is 0 Å². The maximum Gasteiger partial charge on any atom is -0.00946 e. The van der Waals surface area contributed by atoms with Crippen LogP contribution in [0.4, 0.5) is 0 Å². The maximum atomic E-state index is 3.17. The highest BCUT2D eigenvalue weighted by atomic mass is 13.9. The van der Waals surface area contributed by atoms with E-state index in [0.29, 0.717) is 0 Å². The minimum absolute atomic E-state index is 0.939. The van der Waals surface area contributed by atoms with Crippen LogP contribution in [-0.4, -0.2) is 0 Å². The lowest BCUT2D eigenvalue weighted by atomic mass is 10.2. The van der Waals surface area contributed by atoms with E-state index in [2.05, 4.69) is 36.5 Å². The first-order valence-electron chi connectivity index (χ1n) is 4.53. The van der Waals surface area contributed by atoms with Crippen LogP contribution in [0.5, 0.6) is 0 Å². The van der Waals surface area contributed by atoms with Gasteiger partial charge < -0.3 is 0 Å². The zero-order chi connectivity index (χ0) is 8.49. The van der Waals surface area contributed by atoms with Crippen molar-refractivity contribution in [3.05, 3.63) is 48.6 Å². The highest BCUT2D eigenvalue weighted by Crippen LogP contribution is 2.00. The first-order valence-corrected chi connectivity index (χ1v) is 4.53. The predicted octanol–water partition coefficient (Wildman–Crippen LogP) is 3.59. The van der Waals surface area contributed by atoms with Crippen LogP contribution in [0.3, 0.4) is 0 Å². The highest BCUT2D eigenvalue weighted by molar-refractivity contribution is 5.10. The van der Waals surface area contributed by atoms with Crippen LogP contribution in [0.15, 0.2) is 42.5 Å². The molecule has 63 valence electrons. The fraction of sp³-hybridized carbons (Fsp3) is 0.333. The minimum Gasteiger partial charge on any atom is -0.0882 e. The summed E-state index contributed by atoms with van der Waals surface area (Å²) in [4.78, 5) is 0. The van der Waals surface area contributed by atoms with Crippen molar-refractivity contribution in [1.29, 1.82) is 0 Å². The molecule has 1 radical (unpaired) electrons. The average Bonchev–Trinajstić information content (AvgIpc) is 2.05. The average molecular weight is 159 g/mol. The van der Waals surface area contributed by atoms with Gasteiger partial charge in [0.25, 0.3) is 0 Å². The maximum absolute atomic E-state index is 3.17. The Morgan fingerprint density at radius 2 is 1.75 bits per heavy atom. The first kappa shape index (κ1) is 9.05. The normalized spacial score (nSPS) is 29.3. The molecule has 0 aromatic carbocycles. The van der Waals surface area contributed by atoms with Crippen molar-refractivity contribution < 1.29 is 0 Å². The van der Waals surface area contributed by atoms with Crippen molar-refractivity contribution in [3.63, 3.8) is 0 Å². The summed E-state index contributed by atoms with van der Waals surface area (Å²) in [5, 5.41) is 0. The Morgan fingerprint density at radius 3 is 2.75 bits per heavy atom. The number of rotatable bonds is 0. The molecule has 0 fully saturated rings. The monoisotopic (exact) mass is 159 g/mol. The Hall–Kier alpha value is -1.04. The Balaban J connectivity index is 2.42. The zero-order valence-corrected chi connectivity index (χ0v) is 7.37. The van der Waals surface area contributed by atoms with Crippen molar-refractivity contribution in [2.75, 3.05) is 0 Å². The Kier molecular flexibility index (Phi) is 5.02. The molecule has 0 N–H and O–H groups in total. The molecule has 0 saturated heterocycles. The Morgan fingerprint density at radius 1 is 0.833 bits per heavy atom. The summed E-state index contributed by atoms with van der Waals surface area (Å²) < 4.78 is 0. The van der Waals surface area contributed by atoms with E-state index in [4.69, 9.17) is 0 Å². The molecule has 0 amide bonds. The molecule has 0 aromatic heterocycles. The third-order valence-corrected chi connectivity index (χ3v) is 1.72. The molecule has 0 atom stereocenters. The van der Waals surface area contributed by atoms with Crippen molar-refractivity contribution in [2.45, 2.75) is 25.7 Å². The summed E-state index contributed by atoms with van der Waals surface area (Å²) in [5.74, 6) is 0. The second-order valence-electron chi connectivity index (χ2n) is 2.79. The molecular weight excluding hydrogens is 144 g/mol. The van der Waals surface area contributed by atoms with Crippen molar-refractivity contribution in [2.24, 2.45) is 0 Å². The smallest absolute Gasteiger partial charge is 0.00946 e. The molecule has 0 spiro atoms. The molecule has 12 heavy (non-hydrogen) atoms. The van der Waals surface area contributed by atoms with Gasteiger partial charge in [-0.1, -0.05) is 42.5 Å². The van der Waals surface area contributed by atoms with Crippen molar-refractivity contribution in [1.82, 2.24) is 0 Å². The van der Waals surface area contributed by atoms with E-state index in [1.807, 2.05) is 12.2 Å². The summed E-state index contributed by atoms with van der Waals surface area (Å²) >= 11 is 0. The lowest BCUT2D eigenvalue weighted by molar-refractivity contribution is 0.865. The summed E-state index contributed by atoms with van der Waals surface area (Å²) in [7, 11) is 0. The van der Waals surface area contributed by atoms with Gasteiger partial charge >= 0.3 is 0 Å². The number of hydrogen-bond acceptors (Lipinski definition) is 0. The molecule has 0 aliphatic heterocycles. The summed E-state index contributed by atoms with van der Waals surface area (Å²) in [6, 6.07) is 0. The van der Waals surface area contributed by atoms with E-state index in [0.717, 1.165) is 6.42 Å². The van der Waals surface area contributed by atoms with Crippen LogP contribution in [0, 0.1) is 6.08 Å². The van der Waals surface area contributed by atoms with Crippen LogP contribution in [0.2, 0.25) is 0 Å². The van der Waals surface area contributed by atoms with E-state index in [9.17, 15) is 0 Å². The van der Waals surface area contributed by atoms with E-state index in [1.54, 1.807) is 0 Å². The molecule has 1 aliphatic carbocycles. The SMILES string of the molecule is [C]1=C/C=C/C=C\CCC/C=C\C\1. The van der Waals surface area contributed by atoms with Gasteiger partial charge in [-0.15, -0.1) is 0 Å². The Bertz CT molecular complexity index is 204. The Labute approximate surface area is 75.0 Å². The third-order valence-electron chi connectivity index (χ3n) is 1.72. The standard InChI is InChI=1S/C12H15/c1-2-4-6-8-10-12-11-9-7-5-3-1/h1-5,11-12H,6,8-10H2/b3-1+,4-2-,7-5?,12-11-. The predicted molar refractivity (Wildman–Crippen MR) is 53.7 cm³/mol. The zero-order valence-electron chi connectivity index (χ0n) is 7.37. The van der Waals surface area contributed by atoms with Crippen LogP contribution < -0.4 is 0 Å². The fourth-order valence-corrected chi connectivity index (χ4v) is 1.05. The van der Waals surface area contributed by atoms with Gasteiger partial charge in [0.05, 0.1) is 0 Å². The summed E-state index contributed by atoms with van der Waals surface area (Å²) in [6.45, 7) is 0. The minimum atomic E-state index is 0.939. The largest absolute Gasteiger partial charge is 0.0882 e. The van der Waals surface area contributed by atoms with Crippen molar-refractivity contribution in [3.8, 4) is 0 Å². The van der Waals surface area contributed by atoms with E-state index >= 15 is 0 Å². The van der Waals surface area contributed by atoms with Gasteiger partial charge in [0.15, 0.2) is 0 Å². The summed E-state index contributed by atoms with van der Waals surface area (Å²) in [5.41, 5.74) is 0. The van der Waals surface area contributed by atoms with Crippen molar-refractivity contribution >= 4 is 0 Å². The highest BCUT2D eigenvalue weighted by Gasteiger charge is 1.80. The number of allylic oxidation sites excluding steroid dienone is 8. The molecule has 0 heteroatoms. The van der Waals surface area contributed by atoms with Crippen LogP contribution in [0.1, 0.15) is 25.7 Å². The first-order chi connectivity index (χ1) is 6.00. The van der Waals surface area contributed by atoms with Gasteiger partial charge in [-0.3, -0.25) is 0 Å². The van der Waals surface area contributed by atoms with E-state index < -0.39 is 0 Å². The van der Waals surface area contributed by atoms with Gasteiger partial charge in [-0.2, -0.15) is 0 Å². The quantitative estimate of drug-likeness (QED) is 0.474. The molecule has 0 heterocycles.